The predicted molar refractivity (Wildman–Crippen MR) is 96.2 cm³/mol. The summed E-state index contributed by atoms with van der Waals surface area (Å²) in [6.45, 7) is 3.15. The van der Waals surface area contributed by atoms with E-state index in [9.17, 15) is 5.11 Å². The molecule has 1 atom stereocenters. The Morgan fingerprint density at radius 3 is 2.36 bits per heavy atom. The van der Waals surface area contributed by atoms with Gasteiger partial charge in [-0.1, -0.05) is 59.6 Å². The summed E-state index contributed by atoms with van der Waals surface area (Å²) >= 11 is 12.3. The molecule has 0 aliphatic heterocycles. The van der Waals surface area contributed by atoms with Gasteiger partial charge in [-0.15, -0.1) is 12.4 Å². The molecular weight excluding hydrogens is 341 g/mol. The van der Waals surface area contributed by atoms with Crippen LogP contribution in [0.1, 0.15) is 22.8 Å². The quantitative estimate of drug-likeness (QED) is 0.820. The van der Waals surface area contributed by atoms with Gasteiger partial charge in [0.2, 0.25) is 0 Å². The van der Waals surface area contributed by atoms with Crippen molar-refractivity contribution < 1.29 is 5.11 Å². The zero-order valence-corrected chi connectivity index (χ0v) is 14.9. The van der Waals surface area contributed by atoms with Gasteiger partial charge in [-0.05, 0) is 31.2 Å². The molecule has 2 aromatic carbocycles. The molecule has 0 saturated carbocycles. The second-order valence-corrected chi connectivity index (χ2v) is 6.06. The maximum atomic E-state index is 10.4. The molecule has 5 heteroatoms. The van der Waals surface area contributed by atoms with Crippen molar-refractivity contribution in [1.29, 1.82) is 0 Å². The highest BCUT2D eigenvalue weighted by molar-refractivity contribution is 6.36. The number of nitrogens with zero attached hydrogens (tertiary/aromatic N) is 1. The van der Waals surface area contributed by atoms with Gasteiger partial charge in [0.15, 0.2) is 0 Å². The van der Waals surface area contributed by atoms with Gasteiger partial charge in [0.25, 0.3) is 0 Å². The Hall–Kier alpha value is -0.770. The first-order chi connectivity index (χ1) is 9.99. The van der Waals surface area contributed by atoms with E-state index >= 15 is 0 Å². The lowest BCUT2D eigenvalue weighted by atomic mass is 10.1. The Morgan fingerprint density at radius 1 is 1.09 bits per heavy atom. The van der Waals surface area contributed by atoms with Gasteiger partial charge < -0.3 is 5.11 Å². The van der Waals surface area contributed by atoms with Crippen molar-refractivity contribution in [3.05, 3.63) is 69.2 Å². The molecule has 0 heterocycles. The Labute approximate surface area is 148 Å². The lowest BCUT2D eigenvalue weighted by molar-refractivity contribution is 0.124. The summed E-state index contributed by atoms with van der Waals surface area (Å²) in [5.74, 6) is 0. The van der Waals surface area contributed by atoms with E-state index in [1.54, 1.807) is 12.1 Å². The number of hydrogen-bond acceptors (Lipinski definition) is 2. The molecular formula is C17H20Cl3NO. The molecule has 1 N–H and O–H groups in total. The average Bonchev–Trinajstić information content (AvgIpc) is 2.45. The highest BCUT2D eigenvalue weighted by Gasteiger charge is 2.16. The summed E-state index contributed by atoms with van der Waals surface area (Å²) in [5, 5.41) is 11.6. The standard InChI is InChI=1S/C17H19Cl2NO.ClH/c1-12-15(18)9-8-14(17(12)19)16(21)11-20(2)10-13-6-4-3-5-7-13;/h3-9,16,21H,10-11H2,1-2H3;1H. The molecule has 0 fully saturated rings. The number of hydrogen-bond donors (Lipinski definition) is 1. The fourth-order valence-corrected chi connectivity index (χ4v) is 2.79. The average molecular weight is 361 g/mol. The molecule has 120 valence electrons. The minimum absolute atomic E-state index is 0. The molecule has 2 aromatic rings. The minimum atomic E-state index is -0.637. The molecule has 0 aliphatic carbocycles. The number of rotatable bonds is 5. The van der Waals surface area contributed by atoms with Crippen LogP contribution in [0.3, 0.4) is 0 Å². The largest absolute Gasteiger partial charge is 0.387 e. The van der Waals surface area contributed by atoms with Crippen molar-refractivity contribution in [3.8, 4) is 0 Å². The van der Waals surface area contributed by atoms with Gasteiger partial charge in [0.05, 0.1) is 11.1 Å². The van der Waals surface area contributed by atoms with Gasteiger partial charge in [-0.3, -0.25) is 4.90 Å². The first-order valence-corrected chi connectivity index (χ1v) is 7.59. The van der Waals surface area contributed by atoms with Crippen LogP contribution < -0.4 is 0 Å². The van der Waals surface area contributed by atoms with E-state index < -0.39 is 6.10 Å². The summed E-state index contributed by atoms with van der Waals surface area (Å²) in [6.07, 6.45) is -0.637. The van der Waals surface area contributed by atoms with E-state index in [0.29, 0.717) is 16.6 Å². The summed E-state index contributed by atoms with van der Waals surface area (Å²) in [4.78, 5) is 2.07. The second-order valence-electron chi connectivity index (χ2n) is 5.27. The van der Waals surface area contributed by atoms with Crippen LogP contribution in [0.2, 0.25) is 10.0 Å². The van der Waals surface area contributed by atoms with Crippen molar-refractivity contribution in [2.75, 3.05) is 13.6 Å². The van der Waals surface area contributed by atoms with Crippen molar-refractivity contribution >= 4 is 35.6 Å². The highest BCUT2D eigenvalue weighted by Crippen LogP contribution is 2.31. The number of halogens is 3. The van der Waals surface area contributed by atoms with Crippen LogP contribution in [0.4, 0.5) is 0 Å². The van der Waals surface area contributed by atoms with Gasteiger partial charge in [-0.25, -0.2) is 0 Å². The van der Waals surface area contributed by atoms with E-state index in [-0.39, 0.29) is 12.4 Å². The van der Waals surface area contributed by atoms with Crippen LogP contribution in [0.25, 0.3) is 0 Å². The summed E-state index contributed by atoms with van der Waals surface area (Å²) in [5.41, 5.74) is 2.74. The predicted octanol–water partition coefficient (Wildman–Crippen LogP) is 4.89. The third-order valence-corrected chi connectivity index (χ3v) is 4.40. The SMILES string of the molecule is Cc1c(Cl)ccc(C(O)CN(C)Cc2ccccc2)c1Cl.Cl. The first kappa shape index (κ1) is 19.3. The molecule has 1 unspecified atom stereocenters. The van der Waals surface area contributed by atoms with Crippen molar-refractivity contribution in [1.82, 2.24) is 4.90 Å². The van der Waals surface area contributed by atoms with Gasteiger partial charge >= 0.3 is 0 Å². The smallest absolute Gasteiger partial charge is 0.0931 e. The molecule has 0 radical (unpaired) electrons. The number of benzene rings is 2. The molecule has 0 bridgehead atoms. The summed E-state index contributed by atoms with van der Waals surface area (Å²) in [7, 11) is 1.98. The molecule has 0 amide bonds. The number of aliphatic hydroxyl groups is 1. The van der Waals surface area contributed by atoms with E-state index in [1.807, 2.05) is 32.2 Å². The van der Waals surface area contributed by atoms with Crippen molar-refractivity contribution in [3.63, 3.8) is 0 Å². The third kappa shape index (κ3) is 4.87. The molecule has 0 saturated heterocycles. The summed E-state index contributed by atoms with van der Waals surface area (Å²) < 4.78 is 0. The monoisotopic (exact) mass is 359 g/mol. The summed E-state index contributed by atoms with van der Waals surface area (Å²) in [6, 6.07) is 13.7. The van der Waals surface area contributed by atoms with Crippen LogP contribution in [0.5, 0.6) is 0 Å². The Bertz CT molecular complexity index is 604. The maximum absolute atomic E-state index is 10.4. The van der Waals surface area contributed by atoms with Crippen LogP contribution in [0.15, 0.2) is 42.5 Å². The van der Waals surface area contributed by atoms with E-state index in [4.69, 9.17) is 23.2 Å². The van der Waals surface area contributed by atoms with Gasteiger partial charge in [0, 0.05) is 23.7 Å². The van der Waals surface area contributed by atoms with Gasteiger partial charge in [0.1, 0.15) is 0 Å². The van der Waals surface area contributed by atoms with Gasteiger partial charge in [-0.2, -0.15) is 0 Å². The van der Waals surface area contributed by atoms with Crippen LogP contribution in [0, 0.1) is 6.92 Å². The molecule has 2 rings (SSSR count). The van der Waals surface area contributed by atoms with E-state index in [0.717, 1.165) is 17.7 Å². The molecule has 2 nitrogen and oxygen atoms in total. The fourth-order valence-electron chi connectivity index (χ4n) is 2.29. The zero-order valence-electron chi connectivity index (χ0n) is 12.6. The Kier molecular flexibility index (Phi) is 7.67. The first-order valence-electron chi connectivity index (χ1n) is 6.84. The Balaban J connectivity index is 0.00000242. The molecule has 22 heavy (non-hydrogen) atoms. The Morgan fingerprint density at radius 2 is 1.73 bits per heavy atom. The topological polar surface area (TPSA) is 23.5 Å². The second kappa shape index (κ2) is 8.76. The van der Waals surface area contributed by atoms with E-state index in [1.165, 1.54) is 5.56 Å². The molecule has 0 aliphatic rings. The maximum Gasteiger partial charge on any atom is 0.0931 e. The molecule has 0 aromatic heterocycles. The molecule has 0 spiro atoms. The lowest BCUT2D eigenvalue weighted by Crippen LogP contribution is -2.24. The van der Waals surface area contributed by atoms with Crippen LogP contribution in [-0.4, -0.2) is 23.6 Å². The minimum Gasteiger partial charge on any atom is -0.387 e. The zero-order chi connectivity index (χ0) is 15.4. The fraction of sp³-hybridized carbons (Fsp3) is 0.294. The number of aliphatic hydroxyl groups excluding tert-OH is 1. The third-order valence-electron chi connectivity index (χ3n) is 3.49. The number of likely N-dealkylation sites (N-methyl/N-ethyl adjacent to an activating group) is 1. The van der Waals surface area contributed by atoms with Crippen LogP contribution >= 0.6 is 35.6 Å². The normalized spacial score (nSPS) is 12.1. The van der Waals surface area contributed by atoms with Crippen LogP contribution in [-0.2, 0) is 6.54 Å². The van der Waals surface area contributed by atoms with Crippen molar-refractivity contribution in [2.45, 2.75) is 19.6 Å². The van der Waals surface area contributed by atoms with E-state index in [2.05, 4.69) is 17.0 Å². The highest BCUT2D eigenvalue weighted by atomic mass is 35.5. The lowest BCUT2D eigenvalue weighted by Gasteiger charge is -2.22. The van der Waals surface area contributed by atoms with Crippen molar-refractivity contribution in [2.24, 2.45) is 0 Å².